The number of thioether (sulfide) groups is 1. The van der Waals surface area contributed by atoms with E-state index in [0.29, 0.717) is 12.5 Å². The molecule has 0 radical (unpaired) electrons. The van der Waals surface area contributed by atoms with Crippen LogP contribution in [0.15, 0.2) is 24.3 Å². The Morgan fingerprint density at radius 3 is 2.76 bits per heavy atom. The van der Waals surface area contributed by atoms with Gasteiger partial charge in [-0.15, -0.1) is 0 Å². The Labute approximate surface area is 136 Å². The first-order valence-electron chi connectivity index (χ1n) is 7.35. The lowest BCUT2D eigenvalue weighted by atomic mass is 10.1. The number of halogens is 1. The fourth-order valence-corrected chi connectivity index (χ4v) is 3.84. The van der Waals surface area contributed by atoms with Crippen LogP contribution in [0.3, 0.4) is 0 Å². The largest absolute Gasteiger partial charge is 0.349 e. The fourth-order valence-electron chi connectivity index (χ4n) is 2.55. The van der Waals surface area contributed by atoms with Gasteiger partial charge < -0.3 is 4.90 Å². The number of amides is 1. The predicted molar refractivity (Wildman–Crippen MR) is 91.0 cm³/mol. The van der Waals surface area contributed by atoms with Crippen LogP contribution in [0.4, 0.5) is 0 Å². The number of carbonyl (C=O) groups excluding carboxylic acids is 1. The van der Waals surface area contributed by atoms with E-state index in [1.54, 1.807) is 4.90 Å². The molecule has 21 heavy (non-hydrogen) atoms. The first-order chi connectivity index (χ1) is 10.1. The van der Waals surface area contributed by atoms with Crippen molar-refractivity contribution in [2.24, 2.45) is 0 Å². The van der Waals surface area contributed by atoms with Crippen LogP contribution in [0, 0.1) is 0 Å². The molecule has 1 fully saturated rings. The van der Waals surface area contributed by atoms with Crippen molar-refractivity contribution in [3.8, 4) is 0 Å². The summed E-state index contributed by atoms with van der Waals surface area (Å²) < 4.78 is 0. The highest BCUT2D eigenvalue weighted by molar-refractivity contribution is 7.99. The average Bonchev–Trinajstić information content (AvgIpc) is 2.48. The van der Waals surface area contributed by atoms with E-state index in [9.17, 15) is 4.79 Å². The van der Waals surface area contributed by atoms with E-state index in [4.69, 9.17) is 11.6 Å². The molecule has 1 aromatic rings. The normalized spacial score (nSPS) is 19.5. The van der Waals surface area contributed by atoms with Crippen LogP contribution < -0.4 is 0 Å². The lowest BCUT2D eigenvalue weighted by Gasteiger charge is -2.35. The number of benzene rings is 1. The van der Waals surface area contributed by atoms with Gasteiger partial charge in [0.2, 0.25) is 5.91 Å². The molecule has 0 aliphatic carbocycles. The van der Waals surface area contributed by atoms with Crippen molar-refractivity contribution in [1.82, 2.24) is 9.80 Å². The van der Waals surface area contributed by atoms with Gasteiger partial charge in [0.1, 0.15) is 0 Å². The second kappa shape index (κ2) is 8.06. The van der Waals surface area contributed by atoms with Gasteiger partial charge in [-0.2, -0.15) is 11.8 Å². The maximum atomic E-state index is 11.7. The van der Waals surface area contributed by atoms with E-state index in [1.165, 1.54) is 11.3 Å². The summed E-state index contributed by atoms with van der Waals surface area (Å²) in [6.07, 6.45) is 1.55. The lowest BCUT2D eigenvalue weighted by molar-refractivity contribution is -0.128. The van der Waals surface area contributed by atoms with E-state index in [-0.39, 0.29) is 5.91 Å². The zero-order valence-corrected chi connectivity index (χ0v) is 14.3. The zero-order valence-electron chi connectivity index (χ0n) is 12.7. The second-order valence-corrected chi connectivity index (χ2v) is 7.16. The van der Waals surface area contributed by atoms with Crippen molar-refractivity contribution in [2.45, 2.75) is 18.9 Å². The first kappa shape index (κ1) is 16.7. The van der Waals surface area contributed by atoms with Crippen molar-refractivity contribution in [2.75, 3.05) is 38.7 Å². The van der Waals surface area contributed by atoms with Gasteiger partial charge in [-0.1, -0.05) is 23.7 Å². The van der Waals surface area contributed by atoms with Crippen LogP contribution in [-0.4, -0.2) is 54.4 Å². The van der Waals surface area contributed by atoms with Crippen molar-refractivity contribution in [3.05, 3.63) is 34.9 Å². The number of rotatable bonds is 5. The molecule has 5 heteroatoms. The molecule has 116 valence electrons. The molecule has 1 amide bonds. The molecular weight excluding hydrogens is 304 g/mol. The van der Waals surface area contributed by atoms with Crippen molar-refractivity contribution in [1.29, 1.82) is 0 Å². The molecule has 0 aromatic heterocycles. The highest BCUT2D eigenvalue weighted by Crippen LogP contribution is 2.30. The van der Waals surface area contributed by atoms with Gasteiger partial charge in [-0.05, 0) is 30.7 Å². The molecule has 1 aliphatic rings. The minimum Gasteiger partial charge on any atom is -0.349 e. The summed E-state index contributed by atoms with van der Waals surface area (Å²) in [6, 6.07) is 8.61. The van der Waals surface area contributed by atoms with E-state index >= 15 is 0 Å². The molecule has 0 spiro atoms. The molecule has 1 heterocycles. The SMILES string of the molecule is CN(C)C(=O)CCCN1CCSC[C@H]1c1ccc(Cl)cc1. The predicted octanol–water partition coefficient (Wildman–Crippen LogP) is 3.30. The Morgan fingerprint density at radius 1 is 1.38 bits per heavy atom. The molecular formula is C16H23ClN2OS. The Balaban J connectivity index is 1.92. The zero-order chi connectivity index (χ0) is 15.2. The van der Waals surface area contributed by atoms with Crippen molar-refractivity contribution >= 4 is 29.3 Å². The molecule has 1 aliphatic heterocycles. The van der Waals surface area contributed by atoms with Crippen LogP contribution in [0.2, 0.25) is 5.02 Å². The monoisotopic (exact) mass is 326 g/mol. The molecule has 0 N–H and O–H groups in total. The Bertz CT molecular complexity index is 464. The lowest BCUT2D eigenvalue weighted by Crippen LogP contribution is -2.37. The summed E-state index contributed by atoms with van der Waals surface area (Å²) in [6.45, 7) is 2.07. The summed E-state index contributed by atoms with van der Waals surface area (Å²) in [7, 11) is 3.63. The summed E-state index contributed by atoms with van der Waals surface area (Å²) in [5.41, 5.74) is 1.32. The Kier molecular flexibility index (Phi) is 6.40. The topological polar surface area (TPSA) is 23.6 Å². The molecule has 0 bridgehead atoms. The van der Waals surface area contributed by atoms with Gasteiger partial charge in [0.25, 0.3) is 0 Å². The van der Waals surface area contributed by atoms with Gasteiger partial charge >= 0.3 is 0 Å². The third-order valence-electron chi connectivity index (χ3n) is 3.83. The molecule has 3 nitrogen and oxygen atoms in total. The smallest absolute Gasteiger partial charge is 0.222 e. The van der Waals surface area contributed by atoms with E-state index in [2.05, 4.69) is 17.0 Å². The van der Waals surface area contributed by atoms with Gasteiger partial charge in [-0.25, -0.2) is 0 Å². The van der Waals surface area contributed by atoms with Crippen LogP contribution in [0.5, 0.6) is 0 Å². The van der Waals surface area contributed by atoms with E-state index in [1.807, 2.05) is 38.0 Å². The first-order valence-corrected chi connectivity index (χ1v) is 8.88. The summed E-state index contributed by atoms with van der Waals surface area (Å²) >= 11 is 7.97. The van der Waals surface area contributed by atoms with E-state index in [0.717, 1.165) is 30.3 Å². The maximum absolute atomic E-state index is 11.7. The Morgan fingerprint density at radius 2 is 2.10 bits per heavy atom. The number of hydrogen-bond acceptors (Lipinski definition) is 3. The van der Waals surface area contributed by atoms with Crippen molar-refractivity contribution < 1.29 is 4.79 Å². The summed E-state index contributed by atoms with van der Waals surface area (Å²) in [5, 5.41) is 0.783. The molecule has 0 unspecified atom stereocenters. The van der Waals surface area contributed by atoms with Gasteiger partial charge in [0, 0.05) is 49.6 Å². The van der Waals surface area contributed by atoms with Crippen molar-refractivity contribution in [3.63, 3.8) is 0 Å². The second-order valence-electron chi connectivity index (χ2n) is 5.57. The van der Waals surface area contributed by atoms with Crippen LogP contribution in [0.1, 0.15) is 24.4 Å². The highest BCUT2D eigenvalue weighted by Gasteiger charge is 2.24. The third-order valence-corrected chi connectivity index (χ3v) is 5.10. The maximum Gasteiger partial charge on any atom is 0.222 e. The van der Waals surface area contributed by atoms with Gasteiger partial charge in [-0.3, -0.25) is 9.69 Å². The van der Waals surface area contributed by atoms with Gasteiger partial charge in [0.15, 0.2) is 0 Å². The minimum atomic E-state index is 0.212. The average molecular weight is 327 g/mol. The number of nitrogens with zero attached hydrogens (tertiary/aromatic N) is 2. The van der Waals surface area contributed by atoms with Crippen LogP contribution >= 0.6 is 23.4 Å². The van der Waals surface area contributed by atoms with Crippen LogP contribution in [-0.2, 0) is 4.79 Å². The molecule has 0 saturated carbocycles. The minimum absolute atomic E-state index is 0.212. The molecule has 2 rings (SSSR count). The summed E-state index contributed by atoms with van der Waals surface area (Å²) in [4.78, 5) is 15.8. The number of carbonyl (C=O) groups is 1. The number of hydrogen-bond donors (Lipinski definition) is 0. The standard InChI is InChI=1S/C16H23ClN2OS/c1-18(2)16(20)4-3-9-19-10-11-21-12-15(19)13-5-7-14(17)8-6-13/h5-8,15H,3-4,9-12H2,1-2H3/t15-/m0/s1. The third kappa shape index (κ3) is 4.90. The van der Waals surface area contributed by atoms with Crippen LogP contribution in [0.25, 0.3) is 0 Å². The fraction of sp³-hybridized carbons (Fsp3) is 0.562. The molecule has 1 aromatic carbocycles. The molecule has 1 atom stereocenters. The highest BCUT2D eigenvalue weighted by atomic mass is 35.5. The van der Waals surface area contributed by atoms with E-state index < -0.39 is 0 Å². The quantitative estimate of drug-likeness (QED) is 0.829. The Hall–Kier alpha value is -0.710. The van der Waals surface area contributed by atoms with Gasteiger partial charge in [0.05, 0.1) is 0 Å². The summed E-state index contributed by atoms with van der Waals surface area (Å²) in [5.74, 6) is 2.50. The molecule has 1 saturated heterocycles.